The Balaban J connectivity index is 2.23. The molecule has 11 heteroatoms. The van der Waals surface area contributed by atoms with Crippen LogP contribution in [-0.2, 0) is 10.9 Å². The molecule has 0 atom stereocenters. The van der Waals surface area contributed by atoms with Crippen molar-refractivity contribution in [3.63, 3.8) is 0 Å². The third-order valence-electron chi connectivity index (χ3n) is 5.04. The summed E-state index contributed by atoms with van der Waals surface area (Å²) in [5, 5.41) is 20.1. The Hall–Kier alpha value is -3.48. The number of H-pyrrole nitrogens is 1. The summed E-state index contributed by atoms with van der Waals surface area (Å²) in [6.45, 7) is 2.01. The molecule has 0 amide bonds. The van der Waals surface area contributed by atoms with Gasteiger partial charge in [-0.2, -0.15) is 18.4 Å². The molecule has 0 saturated heterocycles. The maximum Gasteiger partial charge on any atom is 0.416 e. The molecule has 0 radical (unpaired) electrons. The van der Waals surface area contributed by atoms with Crippen LogP contribution in [-0.4, -0.2) is 22.7 Å². The van der Waals surface area contributed by atoms with Crippen LogP contribution in [0.2, 0.25) is 10.0 Å². The number of nitriles is 1. The minimum atomic E-state index is -4.70. The quantitative estimate of drug-likeness (QED) is 0.280. The second-order valence-corrected chi connectivity index (χ2v) is 8.29. The van der Waals surface area contributed by atoms with Crippen LogP contribution in [0.25, 0.3) is 22.4 Å². The van der Waals surface area contributed by atoms with Gasteiger partial charge in [0.25, 0.3) is 5.56 Å². The zero-order valence-electron chi connectivity index (χ0n) is 18.1. The number of nitrogens with one attached hydrogen (secondary N) is 1. The number of alkyl halides is 3. The Morgan fingerprint density at radius 2 is 1.86 bits per heavy atom. The lowest BCUT2D eigenvalue weighted by molar-refractivity contribution is -0.137. The van der Waals surface area contributed by atoms with Crippen LogP contribution in [0.3, 0.4) is 0 Å². The van der Waals surface area contributed by atoms with Gasteiger partial charge in [0.2, 0.25) is 0 Å². The van der Waals surface area contributed by atoms with Crippen LogP contribution < -0.4 is 5.56 Å². The van der Waals surface area contributed by atoms with E-state index in [1.54, 1.807) is 6.07 Å². The fourth-order valence-corrected chi connectivity index (χ4v) is 3.72. The van der Waals surface area contributed by atoms with E-state index in [-0.39, 0.29) is 44.6 Å². The van der Waals surface area contributed by atoms with Crippen molar-refractivity contribution in [1.29, 1.82) is 5.26 Å². The number of nitrogens with zero attached hydrogens (tertiary/aromatic N) is 1. The molecule has 0 bridgehead atoms. The molecule has 182 valence electrons. The van der Waals surface area contributed by atoms with Gasteiger partial charge in [-0.15, -0.1) is 0 Å². The Bertz CT molecular complexity index is 1400. The van der Waals surface area contributed by atoms with Gasteiger partial charge in [-0.1, -0.05) is 36.5 Å². The molecule has 1 heterocycles. The molecule has 0 aliphatic rings. The lowest BCUT2D eigenvalue weighted by Gasteiger charge is -2.14. The number of hydrogen-bond acceptors (Lipinski definition) is 5. The molecular weight excluding hydrogens is 508 g/mol. The Morgan fingerprint density at radius 3 is 2.49 bits per heavy atom. The number of ether oxygens (including phenoxy) is 1. The number of rotatable bonds is 6. The summed E-state index contributed by atoms with van der Waals surface area (Å²) < 4.78 is 45.0. The number of carbonyl (C=O) groups excluding carboxylic acids is 1. The number of carbonyl (C=O) groups is 1. The molecule has 3 aromatic rings. The Labute approximate surface area is 207 Å². The third-order valence-corrected chi connectivity index (χ3v) is 5.59. The summed E-state index contributed by atoms with van der Waals surface area (Å²) in [6, 6.07) is 7.76. The molecule has 0 fully saturated rings. The number of unbranched alkanes of at least 4 members (excludes halogenated alkanes) is 1. The first-order valence-corrected chi connectivity index (χ1v) is 11.0. The number of esters is 1. The maximum absolute atomic E-state index is 13.3. The zero-order valence-corrected chi connectivity index (χ0v) is 19.6. The van der Waals surface area contributed by atoms with Crippen molar-refractivity contribution < 1.29 is 27.8 Å². The molecule has 6 nitrogen and oxygen atoms in total. The number of pyridine rings is 1. The third kappa shape index (κ3) is 5.61. The second kappa shape index (κ2) is 10.4. The first-order valence-electron chi connectivity index (χ1n) is 10.2. The lowest BCUT2D eigenvalue weighted by Crippen LogP contribution is -2.14. The minimum absolute atomic E-state index is 0.0177. The molecule has 2 aromatic carbocycles. The number of phenolic OH excluding ortho intramolecular Hbond substituents is 1. The van der Waals surface area contributed by atoms with Gasteiger partial charge >= 0.3 is 12.1 Å². The number of hydrogen-bond donors (Lipinski definition) is 2. The molecule has 2 N–H and O–H groups in total. The van der Waals surface area contributed by atoms with E-state index >= 15 is 0 Å². The summed E-state index contributed by atoms with van der Waals surface area (Å²) in [6.07, 6.45) is -3.33. The summed E-state index contributed by atoms with van der Waals surface area (Å²) in [7, 11) is 0. The topological polar surface area (TPSA) is 103 Å². The van der Waals surface area contributed by atoms with Crippen molar-refractivity contribution in [2.24, 2.45) is 0 Å². The Morgan fingerprint density at radius 1 is 1.14 bits per heavy atom. The number of aromatic hydroxyl groups is 1. The summed E-state index contributed by atoms with van der Waals surface area (Å²) in [4.78, 5) is 27.5. The van der Waals surface area contributed by atoms with Crippen molar-refractivity contribution in [2.45, 2.75) is 25.9 Å². The minimum Gasteiger partial charge on any atom is -0.506 e. The number of aromatic nitrogens is 1. The average molecular weight is 525 g/mol. The molecule has 1 aromatic heterocycles. The van der Waals surface area contributed by atoms with E-state index in [2.05, 4.69) is 4.98 Å². The van der Waals surface area contributed by atoms with Crippen molar-refractivity contribution >= 4 is 29.2 Å². The van der Waals surface area contributed by atoms with Crippen LogP contribution in [0.5, 0.6) is 5.75 Å². The van der Waals surface area contributed by atoms with E-state index < -0.39 is 34.6 Å². The zero-order chi connectivity index (χ0) is 25.9. The van der Waals surface area contributed by atoms with Gasteiger partial charge in [0.05, 0.1) is 17.9 Å². The molecule has 3 rings (SSSR count). The molecule has 0 aliphatic heterocycles. The molecule has 0 unspecified atom stereocenters. The molecule has 0 saturated carbocycles. The highest BCUT2D eigenvalue weighted by Crippen LogP contribution is 2.39. The van der Waals surface area contributed by atoms with Gasteiger partial charge in [-0.05, 0) is 42.8 Å². The predicted molar refractivity (Wildman–Crippen MR) is 125 cm³/mol. The van der Waals surface area contributed by atoms with Gasteiger partial charge in [-0.3, -0.25) is 4.79 Å². The smallest absolute Gasteiger partial charge is 0.416 e. The van der Waals surface area contributed by atoms with Gasteiger partial charge < -0.3 is 14.8 Å². The van der Waals surface area contributed by atoms with Crippen LogP contribution in [0.1, 0.15) is 41.3 Å². The van der Waals surface area contributed by atoms with Crippen LogP contribution in [0.4, 0.5) is 13.2 Å². The van der Waals surface area contributed by atoms with E-state index in [1.807, 2.05) is 6.92 Å². The van der Waals surface area contributed by atoms with Crippen molar-refractivity contribution in [3.8, 4) is 34.2 Å². The fraction of sp³-hybridized carbons (Fsp3) is 0.208. The predicted octanol–water partition coefficient (Wildman–Crippen LogP) is 6.57. The van der Waals surface area contributed by atoms with Gasteiger partial charge in [-0.25, -0.2) is 4.79 Å². The van der Waals surface area contributed by atoms with Crippen LogP contribution >= 0.6 is 23.2 Å². The normalized spacial score (nSPS) is 11.2. The van der Waals surface area contributed by atoms with Crippen molar-refractivity contribution in [1.82, 2.24) is 4.98 Å². The van der Waals surface area contributed by atoms with E-state index in [1.165, 1.54) is 18.2 Å². The van der Waals surface area contributed by atoms with E-state index in [9.17, 15) is 33.1 Å². The van der Waals surface area contributed by atoms with Crippen molar-refractivity contribution in [2.75, 3.05) is 6.61 Å². The number of halogens is 5. The number of phenols is 1. The molecular formula is C24H17Cl2F3N2O4. The fourth-order valence-electron chi connectivity index (χ4n) is 3.28. The first kappa shape index (κ1) is 26.1. The summed E-state index contributed by atoms with van der Waals surface area (Å²) in [5.74, 6) is -1.42. The van der Waals surface area contributed by atoms with Gasteiger partial charge in [0.15, 0.2) is 0 Å². The monoisotopic (exact) mass is 524 g/mol. The molecule has 0 spiro atoms. The SMILES string of the molecule is CCCCOC(=O)c1cc(Cl)cc(-c2cc(-c3cc(C(F)(F)F)ccc3Cl)c(C#N)c(=O)[nH]2)c1O. The molecule has 0 aliphatic carbocycles. The van der Waals surface area contributed by atoms with E-state index in [0.717, 1.165) is 24.6 Å². The number of aromatic amines is 1. The second-order valence-electron chi connectivity index (χ2n) is 7.44. The first-order chi connectivity index (χ1) is 16.5. The van der Waals surface area contributed by atoms with Crippen molar-refractivity contribution in [3.05, 3.63) is 73.5 Å². The molecule has 35 heavy (non-hydrogen) atoms. The summed E-state index contributed by atoms with van der Waals surface area (Å²) in [5.41, 5.74) is -3.38. The van der Waals surface area contributed by atoms with E-state index in [0.29, 0.717) is 6.42 Å². The highest BCUT2D eigenvalue weighted by Gasteiger charge is 2.31. The highest BCUT2D eigenvalue weighted by atomic mass is 35.5. The number of benzene rings is 2. The van der Waals surface area contributed by atoms with Gasteiger partial charge in [0, 0.05) is 26.7 Å². The Kier molecular flexibility index (Phi) is 7.78. The average Bonchev–Trinajstić information content (AvgIpc) is 2.79. The maximum atomic E-state index is 13.3. The summed E-state index contributed by atoms with van der Waals surface area (Å²) >= 11 is 12.2. The largest absolute Gasteiger partial charge is 0.506 e. The highest BCUT2D eigenvalue weighted by molar-refractivity contribution is 6.33. The van der Waals surface area contributed by atoms with Gasteiger partial charge in [0.1, 0.15) is 22.9 Å². The lowest BCUT2D eigenvalue weighted by atomic mass is 9.96. The van der Waals surface area contributed by atoms with Crippen LogP contribution in [0.15, 0.2) is 41.2 Å². The van der Waals surface area contributed by atoms with Crippen LogP contribution in [0, 0.1) is 11.3 Å². The van der Waals surface area contributed by atoms with E-state index in [4.69, 9.17) is 27.9 Å². The standard InChI is InChI=1S/C24H17Cl2F3N2O4/c1-2-3-6-35-23(34)17-9-13(25)8-16(21(17)32)20-10-14(18(11-30)22(33)31-20)15-7-12(24(27,28)29)4-5-19(15)26/h4-5,7-10,32H,2-3,6H2,1H3,(H,31,33).